The predicted molar refractivity (Wildman–Crippen MR) is 121 cm³/mol. The van der Waals surface area contributed by atoms with Crippen molar-refractivity contribution in [2.45, 2.75) is 26.5 Å². The van der Waals surface area contributed by atoms with E-state index in [0.29, 0.717) is 37.0 Å². The lowest BCUT2D eigenvalue weighted by Gasteiger charge is -2.26. The zero-order valence-electron chi connectivity index (χ0n) is 18.2. The maximum absolute atomic E-state index is 12.9. The number of carbonyl (C=O) groups excluding carboxylic acids is 1. The smallest absolute Gasteiger partial charge is 0.257 e. The summed E-state index contributed by atoms with van der Waals surface area (Å²) in [5.41, 5.74) is 2.35. The van der Waals surface area contributed by atoms with Crippen LogP contribution in [-0.4, -0.2) is 61.9 Å². The standard InChI is InChI=1S/C23H30ClN3O4/c1-17-14-21(28)22(23(29)25-7-9-26-10-12-31-13-11-26)20(16-30-2)27(17)8-6-18-4-3-5-19(24)15-18/h3-5,14-15H,6-13,16H2,1-2H3,(H,25,29). The fourth-order valence-electron chi connectivity index (χ4n) is 3.85. The normalized spacial score (nSPS) is 14.5. The van der Waals surface area contributed by atoms with E-state index >= 15 is 0 Å². The van der Waals surface area contributed by atoms with Gasteiger partial charge in [0.25, 0.3) is 5.91 Å². The van der Waals surface area contributed by atoms with Crippen molar-refractivity contribution in [1.29, 1.82) is 0 Å². The van der Waals surface area contributed by atoms with Gasteiger partial charge in [0, 0.05) is 56.6 Å². The van der Waals surface area contributed by atoms with Crippen LogP contribution in [0.25, 0.3) is 0 Å². The Balaban J connectivity index is 1.77. The summed E-state index contributed by atoms with van der Waals surface area (Å²) in [6.45, 7) is 6.99. The summed E-state index contributed by atoms with van der Waals surface area (Å²) >= 11 is 6.10. The molecular formula is C23H30ClN3O4. The summed E-state index contributed by atoms with van der Waals surface area (Å²) in [5.74, 6) is -0.359. The number of hydrogen-bond donors (Lipinski definition) is 1. The summed E-state index contributed by atoms with van der Waals surface area (Å²) in [6.07, 6.45) is 0.721. The van der Waals surface area contributed by atoms with Crippen molar-refractivity contribution in [3.63, 3.8) is 0 Å². The number of morpholine rings is 1. The first-order valence-corrected chi connectivity index (χ1v) is 10.9. The number of nitrogens with one attached hydrogen (secondary N) is 1. The number of hydrogen-bond acceptors (Lipinski definition) is 5. The topological polar surface area (TPSA) is 72.8 Å². The Morgan fingerprint density at radius 1 is 1.23 bits per heavy atom. The molecule has 1 N–H and O–H groups in total. The van der Waals surface area contributed by atoms with Gasteiger partial charge in [0.1, 0.15) is 5.56 Å². The second-order valence-corrected chi connectivity index (χ2v) is 8.08. The highest BCUT2D eigenvalue weighted by atomic mass is 35.5. The van der Waals surface area contributed by atoms with Crippen molar-refractivity contribution >= 4 is 17.5 Å². The van der Waals surface area contributed by atoms with Crippen molar-refractivity contribution in [2.75, 3.05) is 46.5 Å². The summed E-state index contributed by atoms with van der Waals surface area (Å²) in [5, 5.41) is 3.59. The zero-order valence-corrected chi connectivity index (χ0v) is 18.9. The van der Waals surface area contributed by atoms with Crippen LogP contribution in [0.3, 0.4) is 0 Å². The van der Waals surface area contributed by atoms with Gasteiger partial charge in [-0.25, -0.2) is 0 Å². The molecule has 1 amide bonds. The molecule has 0 bridgehead atoms. The Labute approximate surface area is 187 Å². The van der Waals surface area contributed by atoms with Crippen LogP contribution >= 0.6 is 11.6 Å². The van der Waals surface area contributed by atoms with Crippen LogP contribution in [0.2, 0.25) is 5.02 Å². The number of ether oxygens (including phenoxy) is 2. The molecule has 1 fully saturated rings. The highest BCUT2D eigenvalue weighted by Crippen LogP contribution is 2.15. The van der Waals surface area contributed by atoms with Gasteiger partial charge >= 0.3 is 0 Å². The van der Waals surface area contributed by atoms with Crippen LogP contribution < -0.4 is 10.7 Å². The quantitative estimate of drug-likeness (QED) is 0.638. The number of benzene rings is 1. The van der Waals surface area contributed by atoms with Gasteiger partial charge in [-0.1, -0.05) is 23.7 Å². The van der Waals surface area contributed by atoms with Gasteiger partial charge in [0.2, 0.25) is 0 Å². The van der Waals surface area contributed by atoms with Crippen LogP contribution in [0, 0.1) is 6.92 Å². The lowest BCUT2D eigenvalue weighted by Crippen LogP contribution is -2.42. The van der Waals surface area contributed by atoms with Gasteiger partial charge in [-0.3, -0.25) is 14.5 Å². The number of methoxy groups -OCH3 is 1. The number of carbonyl (C=O) groups is 1. The molecule has 0 saturated carbocycles. The number of rotatable bonds is 9. The van der Waals surface area contributed by atoms with E-state index in [2.05, 4.69) is 10.2 Å². The molecule has 2 heterocycles. The molecular weight excluding hydrogens is 418 g/mol. The first kappa shape index (κ1) is 23.5. The fourth-order valence-corrected chi connectivity index (χ4v) is 4.06. The minimum absolute atomic E-state index is 0.153. The Kier molecular flexibility index (Phi) is 8.66. The van der Waals surface area contributed by atoms with Crippen molar-refractivity contribution in [3.05, 3.63) is 68.1 Å². The fraction of sp³-hybridized carbons (Fsp3) is 0.478. The molecule has 8 heteroatoms. The zero-order chi connectivity index (χ0) is 22.2. The molecule has 0 atom stereocenters. The Hall–Kier alpha value is -2.19. The van der Waals surface area contributed by atoms with E-state index in [1.807, 2.05) is 35.8 Å². The predicted octanol–water partition coefficient (Wildman–Crippen LogP) is 2.26. The highest BCUT2D eigenvalue weighted by Gasteiger charge is 2.20. The largest absolute Gasteiger partial charge is 0.379 e. The van der Waals surface area contributed by atoms with Gasteiger partial charge in [-0.15, -0.1) is 0 Å². The van der Waals surface area contributed by atoms with E-state index in [-0.39, 0.29) is 23.5 Å². The summed E-state index contributed by atoms with van der Waals surface area (Å²) in [6, 6.07) is 9.21. The monoisotopic (exact) mass is 447 g/mol. The molecule has 1 aliphatic heterocycles. The van der Waals surface area contributed by atoms with Crippen molar-refractivity contribution in [3.8, 4) is 0 Å². The number of aromatic nitrogens is 1. The van der Waals surface area contributed by atoms with E-state index in [0.717, 1.165) is 37.3 Å². The molecule has 7 nitrogen and oxygen atoms in total. The van der Waals surface area contributed by atoms with Crippen LogP contribution in [-0.2, 0) is 29.0 Å². The molecule has 1 aliphatic rings. The van der Waals surface area contributed by atoms with Gasteiger partial charge in [0.15, 0.2) is 5.43 Å². The molecule has 168 valence electrons. The van der Waals surface area contributed by atoms with Crippen molar-refractivity contribution in [1.82, 2.24) is 14.8 Å². The molecule has 1 aromatic carbocycles. The van der Waals surface area contributed by atoms with E-state index in [9.17, 15) is 9.59 Å². The first-order valence-electron chi connectivity index (χ1n) is 10.5. The summed E-state index contributed by atoms with van der Waals surface area (Å²) in [4.78, 5) is 27.9. The third kappa shape index (κ3) is 6.40. The van der Waals surface area contributed by atoms with E-state index in [4.69, 9.17) is 21.1 Å². The third-order valence-electron chi connectivity index (χ3n) is 5.47. The van der Waals surface area contributed by atoms with Crippen LogP contribution in [0.15, 0.2) is 35.1 Å². The lowest BCUT2D eigenvalue weighted by molar-refractivity contribution is 0.0383. The Bertz CT molecular complexity index is 954. The molecule has 1 saturated heterocycles. The van der Waals surface area contributed by atoms with E-state index in [1.165, 1.54) is 6.07 Å². The average Bonchev–Trinajstić information content (AvgIpc) is 2.74. The third-order valence-corrected chi connectivity index (χ3v) is 5.70. The SMILES string of the molecule is COCc1c(C(=O)NCCN2CCOCC2)c(=O)cc(C)n1CCc1cccc(Cl)c1. The number of amides is 1. The molecule has 0 aliphatic carbocycles. The van der Waals surface area contributed by atoms with Crippen molar-refractivity contribution < 1.29 is 14.3 Å². The average molecular weight is 448 g/mol. The van der Waals surface area contributed by atoms with Gasteiger partial charge in [-0.05, 0) is 31.0 Å². The van der Waals surface area contributed by atoms with Gasteiger partial charge < -0.3 is 19.4 Å². The Morgan fingerprint density at radius 3 is 2.71 bits per heavy atom. The second kappa shape index (κ2) is 11.4. The number of nitrogens with zero attached hydrogens (tertiary/aromatic N) is 2. The van der Waals surface area contributed by atoms with Crippen LogP contribution in [0.1, 0.15) is 27.3 Å². The van der Waals surface area contributed by atoms with E-state index < -0.39 is 0 Å². The molecule has 31 heavy (non-hydrogen) atoms. The number of halogens is 1. The minimum atomic E-state index is -0.359. The number of aryl methyl sites for hydroxylation is 2. The van der Waals surface area contributed by atoms with E-state index in [1.54, 1.807) is 7.11 Å². The van der Waals surface area contributed by atoms with Crippen LogP contribution in [0.4, 0.5) is 0 Å². The maximum Gasteiger partial charge on any atom is 0.257 e. The van der Waals surface area contributed by atoms with Gasteiger partial charge in [-0.2, -0.15) is 0 Å². The maximum atomic E-state index is 12.9. The van der Waals surface area contributed by atoms with Gasteiger partial charge in [0.05, 0.1) is 25.5 Å². The van der Waals surface area contributed by atoms with Crippen LogP contribution in [0.5, 0.6) is 0 Å². The second-order valence-electron chi connectivity index (χ2n) is 7.65. The molecule has 2 aromatic rings. The molecule has 0 unspecified atom stereocenters. The highest BCUT2D eigenvalue weighted by molar-refractivity contribution is 6.30. The molecule has 3 rings (SSSR count). The van der Waals surface area contributed by atoms with Crippen molar-refractivity contribution in [2.24, 2.45) is 0 Å². The molecule has 0 radical (unpaired) electrons. The molecule has 1 aromatic heterocycles. The number of pyridine rings is 1. The summed E-state index contributed by atoms with van der Waals surface area (Å²) < 4.78 is 12.7. The minimum Gasteiger partial charge on any atom is -0.379 e. The first-order chi connectivity index (χ1) is 15.0. The summed E-state index contributed by atoms with van der Waals surface area (Å²) in [7, 11) is 1.56. The lowest BCUT2D eigenvalue weighted by atomic mass is 10.1. The Morgan fingerprint density at radius 2 is 2.00 bits per heavy atom. The molecule has 0 spiro atoms.